The van der Waals surface area contributed by atoms with Crippen molar-refractivity contribution in [2.45, 2.75) is 45.1 Å². The van der Waals surface area contributed by atoms with E-state index in [1.807, 2.05) is 0 Å². The summed E-state index contributed by atoms with van der Waals surface area (Å²) in [6, 6.07) is 2.97. The highest BCUT2D eigenvalue weighted by Gasteiger charge is 2.20. The van der Waals surface area contributed by atoms with E-state index in [2.05, 4.69) is 10.1 Å². The van der Waals surface area contributed by atoms with E-state index >= 15 is 0 Å². The molecule has 1 aliphatic rings. The Morgan fingerprint density at radius 3 is 2.81 bits per heavy atom. The van der Waals surface area contributed by atoms with Crippen LogP contribution in [-0.2, 0) is 6.42 Å². The number of aliphatic hydroxyl groups excluding tert-OH is 1. The fourth-order valence-corrected chi connectivity index (χ4v) is 2.98. The van der Waals surface area contributed by atoms with Crippen molar-refractivity contribution < 1.29 is 14.0 Å². The van der Waals surface area contributed by atoms with Crippen molar-refractivity contribution in [3.63, 3.8) is 0 Å². The molecule has 5 heteroatoms. The topological polar surface area (TPSA) is 49.5 Å². The molecule has 0 radical (unpaired) electrons. The second kappa shape index (κ2) is 6.02. The van der Waals surface area contributed by atoms with Crippen molar-refractivity contribution in [2.75, 3.05) is 18.0 Å². The fraction of sp³-hybridized carbons (Fsp3) is 0.562. The zero-order chi connectivity index (χ0) is 14.8. The molecular weight excluding hydrogens is 271 g/mol. The summed E-state index contributed by atoms with van der Waals surface area (Å²) < 4.78 is 19.1. The van der Waals surface area contributed by atoms with E-state index in [4.69, 9.17) is 4.52 Å². The summed E-state index contributed by atoms with van der Waals surface area (Å²) in [7, 11) is 0. The molecule has 1 unspecified atom stereocenters. The summed E-state index contributed by atoms with van der Waals surface area (Å²) in [5.74, 6) is -0.290. The van der Waals surface area contributed by atoms with Crippen LogP contribution in [-0.4, -0.2) is 29.5 Å². The van der Waals surface area contributed by atoms with E-state index in [-0.39, 0.29) is 11.9 Å². The number of aromatic nitrogens is 1. The Kier molecular flexibility index (Phi) is 4.10. The van der Waals surface area contributed by atoms with Crippen LogP contribution in [0.5, 0.6) is 0 Å². The highest BCUT2D eigenvalue weighted by atomic mass is 19.1. The molecule has 0 spiro atoms. The number of fused-ring (bicyclic) bond motifs is 1. The smallest absolute Gasteiger partial charge is 0.172 e. The van der Waals surface area contributed by atoms with Gasteiger partial charge in [0.2, 0.25) is 0 Å². The normalized spacial score (nSPS) is 17.4. The molecule has 3 rings (SSSR count). The van der Waals surface area contributed by atoms with Crippen LogP contribution in [0.1, 0.15) is 38.3 Å². The molecule has 1 aromatic heterocycles. The number of nitrogens with zero attached hydrogens (tertiary/aromatic N) is 2. The highest BCUT2D eigenvalue weighted by molar-refractivity contribution is 5.93. The minimum absolute atomic E-state index is 0.290. The maximum atomic E-state index is 13.8. The summed E-state index contributed by atoms with van der Waals surface area (Å²) in [4.78, 5) is 2.22. The third-order valence-electron chi connectivity index (χ3n) is 4.08. The predicted octanol–water partition coefficient (Wildman–Crippen LogP) is 3.27. The SMILES string of the molecule is CC(O)CCc1noc2cc(F)cc(N3CCCCC3)c12. The summed E-state index contributed by atoms with van der Waals surface area (Å²) in [5.41, 5.74) is 2.19. The molecule has 2 heterocycles. The summed E-state index contributed by atoms with van der Waals surface area (Å²) in [5, 5.41) is 14.4. The molecule has 1 fully saturated rings. The second-order valence-electron chi connectivity index (χ2n) is 5.86. The number of benzene rings is 1. The van der Waals surface area contributed by atoms with Crippen LogP contribution >= 0.6 is 0 Å². The van der Waals surface area contributed by atoms with Gasteiger partial charge in [0.25, 0.3) is 0 Å². The van der Waals surface area contributed by atoms with Crippen LogP contribution in [0.15, 0.2) is 16.7 Å². The van der Waals surface area contributed by atoms with E-state index < -0.39 is 0 Å². The number of anilines is 1. The van der Waals surface area contributed by atoms with E-state index in [0.717, 1.165) is 42.7 Å². The molecular formula is C16H21FN2O2. The molecule has 0 bridgehead atoms. The van der Waals surface area contributed by atoms with E-state index in [1.165, 1.54) is 12.5 Å². The lowest BCUT2D eigenvalue weighted by Gasteiger charge is -2.29. The Bertz CT molecular complexity index is 618. The molecule has 1 saturated heterocycles. The van der Waals surface area contributed by atoms with E-state index in [1.54, 1.807) is 13.0 Å². The first-order valence-corrected chi connectivity index (χ1v) is 7.66. The van der Waals surface area contributed by atoms with E-state index in [9.17, 15) is 9.50 Å². The molecule has 1 atom stereocenters. The third-order valence-corrected chi connectivity index (χ3v) is 4.08. The van der Waals surface area contributed by atoms with Crippen LogP contribution in [0, 0.1) is 5.82 Å². The Morgan fingerprint density at radius 2 is 2.10 bits per heavy atom. The Labute approximate surface area is 123 Å². The van der Waals surface area contributed by atoms with Gasteiger partial charge in [-0.25, -0.2) is 4.39 Å². The lowest BCUT2D eigenvalue weighted by atomic mass is 10.0. The molecule has 0 amide bonds. The van der Waals surface area contributed by atoms with Crippen LogP contribution in [0.2, 0.25) is 0 Å². The zero-order valence-electron chi connectivity index (χ0n) is 12.3. The second-order valence-corrected chi connectivity index (χ2v) is 5.86. The van der Waals surface area contributed by atoms with Gasteiger partial charge in [-0.1, -0.05) is 5.16 Å². The highest BCUT2D eigenvalue weighted by Crippen LogP contribution is 2.33. The summed E-state index contributed by atoms with van der Waals surface area (Å²) in [6.45, 7) is 3.65. The van der Waals surface area contributed by atoms with Crippen LogP contribution in [0.3, 0.4) is 0 Å². The maximum absolute atomic E-state index is 13.8. The van der Waals surface area contributed by atoms with Gasteiger partial charge in [-0.05, 0) is 45.1 Å². The molecule has 1 aromatic carbocycles. The first-order valence-electron chi connectivity index (χ1n) is 7.66. The number of aliphatic hydroxyl groups is 1. The monoisotopic (exact) mass is 292 g/mol. The first kappa shape index (κ1) is 14.3. The quantitative estimate of drug-likeness (QED) is 0.939. The first-order chi connectivity index (χ1) is 10.1. The number of piperidine rings is 1. The van der Waals surface area contributed by atoms with Gasteiger partial charge in [-0.2, -0.15) is 0 Å². The van der Waals surface area contributed by atoms with Crippen LogP contribution in [0.25, 0.3) is 11.0 Å². The molecule has 2 aromatic rings. The van der Waals surface area contributed by atoms with E-state index in [0.29, 0.717) is 18.4 Å². The van der Waals surface area contributed by atoms with Crippen molar-refractivity contribution >= 4 is 16.7 Å². The van der Waals surface area contributed by atoms with Crippen LogP contribution in [0.4, 0.5) is 10.1 Å². The van der Waals surface area contributed by atoms with Crippen molar-refractivity contribution in [1.29, 1.82) is 0 Å². The number of halogens is 1. The van der Waals surface area contributed by atoms with Gasteiger partial charge in [0.05, 0.1) is 22.9 Å². The van der Waals surface area contributed by atoms with Gasteiger partial charge in [-0.3, -0.25) is 0 Å². The van der Waals surface area contributed by atoms with Crippen molar-refractivity contribution in [2.24, 2.45) is 0 Å². The molecule has 114 valence electrons. The number of hydrogen-bond donors (Lipinski definition) is 1. The van der Waals surface area contributed by atoms with Crippen molar-refractivity contribution in [1.82, 2.24) is 5.16 Å². The average Bonchev–Trinajstić information content (AvgIpc) is 2.88. The minimum Gasteiger partial charge on any atom is -0.393 e. The largest absolute Gasteiger partial charge is 0.393 e. The van der Waals surface area contributed by atoms with Gasteiger partial charge in [-0.15, -0.1) is 0 Å². The molecule has 1 aliphatic heterocycles. The zero-order valence-corrected chi connectivity index (χ0v) is 12.3. The standard InChI is InChI=1S/C16H21FN2O2/c1-11(20)5-6-13-16-14(19-7-3-2-4-8-19)9-12(17)10-15(16)21-18-13/h9-11,20H,2-8H2,1H3. The molecule has 0 aliphatic carbocycles. The van der Waals surface area contributed by atoms with Gasteiger partial charge in [0.15, 0.2) is 5.58 Å². The lowest BCUT2D eigenvalue weighted by Crippen LogP contribution is -2.29. The summed E-state index contributed by atoms with van der Waals surface area (Å²) >= 11 is 0. The molecule has 4 nitrogen and oxygen atoms in total. The molecule has 0 saturated carbocycles. The molecule has 1 N–H and O–H groups in total. The maximum Gasteiger partial charge on any atom is 0.172 e. The summed E-state index contributed by atoms with van der Waals surface area (Å²) in [6.07, 6.45) is 4.37. The van der Waals surface area contributed by atoms with Gasteiger partial charge in [0, 0.05) is 19.2 Å². The number of rotatable bonds is 4. The van der Waals surface area contributed by atoms with Gasteiger partial charge >= 0.3 is 0 Å². The Morgan fingerprint density at radius 1 is 1.33 bits per heavy atom. The predicted molar refractivity (Wildman–Crippen MR) is 80.0 cm³/mol. The van der Waals surface area contributed by atoms with Gasteiger partial charge < -0.3 is 14.5 Å². The third kappa shape index (κ3) is 3.02. The van der Waals surface area contributed by atoms with Crippen LogP contribution < -0.4 is 4.90 Å². The fourth-order valence-electron chi connectivity index (χ4n) is 2.98. The minimum atomic E-state index is -0.379. The molecule has 21 heavy (non-hydrogen) atoms. The van der Waals surface area contributed by atoms with Crippen molar-refractivity contribution in [3.05, 3.63) is 23.6 Å². The Balaban J connectivity index is 2.01. The Hall–Kier alpha value is -1.62. The number of hydrogen-bond acceptors (Lipinski definition) is 4. The lowest BCUT2D eigenvalue weighted by molar-refractivity contribution is 0.184. The number of aryl methyl sites for hydroxylation is 1. The average molecular weight is 292 g/mol. The van der Waals surface area contributed by atoms with Crippen molar-refractivity contribution in [3.8, 4) is 0 Å². The van der Waals surface area contributed by atoms with Gasteiger partial charge in [0.1, 0.15) is 5.82 Å².